The highest BCUT2D eigenvalue weighted by atomic mass is 16.3. The molecule has 1 N–H and O–H groups in total. The first-order valence-corrected chi connectivity index (χ1v) is 6.28. The van der Waals surface area contributed by atoms with E-state index in [1.165, 1.54) is 18.4 Å². The number of hydrogen-bond acceptors (Lipinski definition) is 2. The molecule has 1 aliphatic rings. The normalized spacial score (nSPS) is 20.0. The van der Waals surface area contributed by atoms with Crippen LogP contribution in [0.3, 0.4) is 0 Å². The molecule has 0 aliphatic carbocycles. The molecule has 0 aromatic heterocycles. The van der Waals surface area contributed by atoms with Gasteiger partial charge in [-0.15, -0.1) is 0 Å². The van der Waals surface area contributed by atoms with E-state index in [1.807, 2.05) is 12.1 Å². The Morgan fingerprint density at radius 2 is 2.06 bits per heavy atom. The molecule has 0 radical (unpaired) electrons. The Kier molecular flexibility index (Phi) is 3.79. The summed E-state index contributed by atoms with van der Waals surface area (Å²) in [6.45, 7) is 2.60. The molecule has 2 rings (SSSR count). The molecule has 3 heteroatoms. The highest BCUT2D eigenvalue weighted by Crippen LogP contribution is 2.22. The van der Waals surface area contributed by atoms with Crippen molar-refractivity contribution in [3.8, 4) is 0 Å². The molecule has 1 aromatic rings. The molecule has 1 unspecified atom stereocenters. The summed E-state index contributed by atoms with van der Waals surface area (Å²) in [7, 11) is 0. The van der Waals surface area contributed by atoms with Gasteiger partial charge in [-0.1, -0.05) is 25.5 Å². The fourth-order valence-corrected chi connectivity index (χ4v) is 2.16. The molecule has 3 nitrogen and oxygen atoms in total. The highest BCUT2D eigenvalue weighted by Gasteiger charge is 2.28. The van der Waals surface area contributed by atoms with E-state index in [1.54, 1.807) is 4.90 Å². The number of carbonyl (C=O) groups is 1. The van der Waals surface area contributed by atoms with Gasteiger partial charge in [0.15, 0.2) is 0 Å². The molecular formula is C14H19NO2. The number of aryl methyl sites for hydroxylation is 1. The lowest BCUT2D eigenvalue weighted by molar-refractivity contribution is -0.117. The lowest BCUT2D eigenvalue weighted by Crippen LogP contribution is -2.25. The van der Waals surface area contributed by atoms with Gasteiger partial charge in [0, 0.05) is 5.69 Å². The number of aliphatic hydroxyl groups is 1. The molecule has 1 aliphatic heterocycles. The van der Waals surface area contributed by atoms with Crippen LogP contribution in [0.2, 0.25) is 0 Å². The maximum Gasteiger partial charge on any atom is 0.229 e. The first-order chi connectivity index (χ1) is 8.20. The van der Waals surface area contributed by atoms with Crippen LogP contribution in [-0.4, -0.2) is 23.7 Å². The van der Waals surface area contributed by atoms with Crippen LogP contribution in [0.4, 0.5) is 5.69 Å². The second-order valence-corrected chi connectivity index (χ2v) is 4.63. The third-order valence-corrected chi connectivity index (χ3v) is 3.17. The lowest BCUT2D eigenvalue weighted by Gasteiger charge is -2.16. The Bertz CT molecular complexity index is 386. The van der Waals surface area contributed by atoms with E-state index < -0.39 is 6.10 Å². The van der Waals surface area contributed by atoms with Gasteiger partial charge < -0.3 is 10.0 Å². The van der Waals surface area contributed by atoms with Crippen molar-refractivity contribution >= 4 is 11.6 Å². The number of amides is 1. The second kappa shape index (κ2) is 5.32. The molecule has 92 valence electrons. The van der Waals surface area contributed by atoms with Gasteiger partial charge >= 0.3 is 0 Å². The number of β-amino-alcohol motifs (C(OH)–C–C–N with tert-alkyl or cyclic N) is 1. The van der Waals surface area contributed by atoms with E-state index in [0.29, 0.717) is 6.54 Å². The molecule has 0 spiro atoms. The van der Waals surface area contributed by atoms with E-state index in [0.717, 1.165) is 12.1 Å². The third kappa shape index (κ3) is 2.86. The minimum atomic E-state index is -0.512. The smallest absolute Gasteiger partial charge is 0.229 e. The molecule has 0 saturated carbocycles. The standard InChI is InChI=1S/C14H19NO2/c1-2-3-4-11-5-7-12(8-6-11)15-10-13(16)9-14(15)17/h5-8,13,16H,2-4,9-10H2,1H3. The van der Waals surface area contributed by atoms with Crippen molar-refractivity contribution in [3.63, 3.8) is 0 Å². The van der Waals surface area contributed by atoms with Crippen molar-refractivity contribution in [2.45, 2.75) is 38.7 Å². The molecule has 1 aromatic carbocycles. The topological polar surface area (TPSA) is 40.5 Å². The molecule has 17 heavy (non-hydrogen) atoms. The van der Waals surface area contributed by atoms with Crippen molar-refractivity contribution in [3.05, 3.63) is 29.8 Å². The summed E-state index contributed by atoms with van der Waals surface area (Å²) in [4.78, 5) is 13.3. The first-order valence-electron chi connectivity index (χ1n) is 6.28. The molecule has 1 saturated heterocycles. The number of benzene rings is 1. The molecule has 1 amide bonds. The van der Waals surface area contributed by atoms with E-state index in [-0.39, 0.29) is 12.3 Å². The van der Waals surface area contributed by atoms with Gasteiger partial charge in [0.05, 0.1) is 19.1 Å². The summed E-state index contributed by atoms with van der Waals surface area (Å²) in [6.07, 6.45) is 3.21. The zero-order valence-electron chi connectivity index (χ0n) is 10.2. The van der Waals surface area contributed by atoms with Crippen LogP contribution >= 0.6 is 0 Å². The minimum absolute atomic E-state index is 0.0128. The quantitative estimate of drug-likeness (QED) is 0.865. The summed E-state index contributed by atoms with van der Waals surface area (Å²) in [5, 5.41) is 9.44. The van der Waals surface area contributed by atoms with Crippen LogP contribution in [0.25, 0.3) is 0 Å². The van der Waals surface area contributed by atoms with E-state index >= 15 is 0 Å². The maximum atomic E-state index is 11.6. The van der Waals surface area contributed by atoms with Gasteiger partial charge in [-0.2, -0.15) is 0 Å². The summed E-state index contributed by atoms with van der Waals surface area (Å²) in [5.74, 6) is 0.0128. The van der Waals surface area contributed by atoms with Crippen molar-refractivity contribution in [1.82, 2.24) is 0 Å². The van der Waals surface area contributed by atoms with Gasteiger partial charge in [0.2, 0.25) is 5.91 Å². The summed E-state index contributed by atoms with van der Waals surface area (Å²) >= 11 is 0. The van der Waals surface area contributed by atoms with Crippen molar-refractivity contribution in [1.29, 1.82) is 0 Å². The monoisotopic (exact) mass is 233 g/mol. The zero-order chi connectivity index (χ0) is 12.3. The number of carbonyl (C=O) groups excluding carboxylic acids is 1. The second-order valence-electron chi connectivity index (χ2n) is 4.63. The summed E-state index contributed by atoms with van der Waals surface area (Å²) < 4.78 is 0. The molecule has 1 atom stereocenters. The van der Waals surface area contributed by atoms with Gasteiger partial charge in [-0.3, -0.25) is 4.79 Å². The molecule has 1 heterocycles. The van der Waals surface area contributed by atoms with E-state index in [2.05, 4.69) is 19.1 Å². The van der Waals surface area contributed by atoms with Gasteiger partial charge in [-0.25, -0.2) is 0 Å². The Balaban J connectivity index is 2.05. The van der Waals surface area contributed by atoms with Crippen LogP contribution in [0.15, 0.2) is 24.3 Å². The Labute approximate surface area is 102 Å². The Morgan fingerprint density at radius 3 is 2.59 bits per heavy atom. The molecule has 0 bridgehead atoms. The van der Waals surface area contributed by atoms with Crippen LogP contribution in [-0.2, 0) is 11.2 Å². The third-order valence-electron chi connectivity index (χ3n) is 3.17. The van der Waals surface area contributed by atoms with Crippen LogP contribution in [0, 0.1) is 0 Å². The summed E-state index contributed by atoms with van der Waals surface area (Å²) in [5.41, 5.74) is 2.20. The number of aliphatic hydroxyl groups excluding tert-OH is 1. The first kappa shape index (κ1) is 12.1. The van der Waals surface area contributed by atoms with Crippen molar-refractivity contribution in [2.75, 3.05) is 11.4 Å². The SMILES string of the molecule is CCCCc1ccc(N2CC(O)CC2=O)cc1. The number of unbranched alkanes of at least 4 members (excludes halogenated alkanes) is 1. The highest BCUT2D eigenvalue weighted by molar-refractivity contribution is 5.96. The van der Waals surface area contributed by atoms with Crippen LogP contribution in [0.1, 0.15) is 31.7 Å². The maximum absolute atomic E-state index is 11.6. The largest absolute Gasteiger partial charge is 0.391 e. The van der Waals surface area contributed by atoms with Gasteiger partial charge in [-0.05, 0) is 30.5 Å². The van der Waals surface area contributed by atoms with Gasteiger partial charge in [0.25, 0.3) is 0 Å². The number of rotatable bonds is 4. The molecule has 1 fully saturated rings. The predicted octanol–water partition coefficient (Wildman–Crippen LogP) is 2.13. The zero-order valence-corrected chi connectivity index (χ0v) is 10.2. The predicted molar refractivity (Wildman–Crippen MR) is 68.0 cm³/mol. The van der Waals surface area contributed by atoms with Gasteiger partial charge in [0.1, 0.15) is 0 Å². The van der Waals surface area contributed by atoms with Crippen LogP contribution in [0.5, 0.6) is 0 Å². The summed E-state index contributed by atoms with van der Waals surface area (Å²) in [6, 6.07) is 8.09. The average Bonchev–Trinajstić information content (AvgIpc) is 2.66. The van der Waals surface area contributed by atoms with Crippen molar-refractivity contribution < 1.29 is 9.90 Å². The lowest BCUT2D eigenvalue weighted by atomic mass is 10.1. The number of anilines is 1. The number of hydrogen-bond donors (Lipinski definition) is 1. The van der Waals surface area contributed by atoms with Crippen LogP contribution < -0.4 is 4.90 Å². The average molecular weight is 233 g/mol. The molecular weight excluding hydrogens is 214 g/mol. The Morgan fingerprint density at radius 1 is 1.35 bits per heavy atom. The fourth-order valence-electron chi connectivity index (χ4n) is 2.16. The minimum Gasteiger partial charge on any atom is -0.391 e. The fraction of sp³-hybridized carbons (Fsp3) is 0.500. The van der Waals surface area contributed by atoms with Crippen molar-refractivity contribution in [2.24, 2.45) is 0 Å². The Hall–Kier alpha value is -1.35. The number of nitrogens with zero attached hydrogens (tertiary/aromatic N) is 1. The van der Waals surface area contributed by atoms with E-state index in [4.69, 9.17) is 0 Å². The van der Waals surface area contributed by atoms with E-state index in [9.17, 15) is 9.90 Å².